The molecular weight excluding hydrogens is 367 g/mol. The number of nitrogens with one attached hydrogen (secondary N) is 1. The molecule has 2 aromatic heterocycles. The number of hydrogen-bond donors (Lipinski definition) is 2. The number of pyridine rings is 1. The Balaban J connectivity index is 1.64. The zero-order valence-corrected chi connectivity index (χ0v) is 14.9. The number of aromatic hydroxyl groups is 1. The minimum absolute atomic E-state index is 0.0164. The van der Waals surface area contributed by atoms with Gasteiger partial charge in [-0.1, -0.05) is 0 Å². The van der Waals surface area contributed by atoms with Gasteiger partial charge in [-0.05, 0) is 31.2 Å². The Kier molecular flexibility index (Phi) is 6.07. The molecule has 1 amide bonds. The van der Waals surface area contributed by atoms with Crippen molar-refractivity contribution in [3.8, 4) is 22.9 Å². The highest BCUT2D eigenvalue weighted by molar-refractivity contribution is 5.91. The predicted octanol–water partition coefficient (Wildman–Crippen LogP) is 2.64. The molecule has 0 aliphatic carbocycles. The van der Waals surface area contributed by atoms with Crippen molar-refractivity contribution in [1.29, 1.82) is 0 Å². The Morgan fingerprint density at radius 2 is 2.07 bits per heavy atom. The Hall–Kier alpha value is -3.59. The molecule has 3 aromatic rings. The van der Waals surface area contributed by atoms with Crippen LogP contribution in [0.15, 0.2) is 48.9 Å². The van der Waals surface area contributed by atoms with Gasteiger partial charge < -0.3 is 9.84 Å². The van der Waals surface area contributed by atoms with E-state index in [2.05, 4.69) is 20.4 Å². The van der Waals surface area contributed by atoms with E-state index in [0.29, 0.717) is 23.7 Å². The quantitative estimate of drug-likeness (QED) is 0.603. The number of phenols is 1. The van der Waals surface area contributed by atoms with Gasteiger partial charge in [-0.25, -0.2) is 19.8 Å². The van der Waals surface area contributed by atoms with Gasteiger partial charge >= 0.3 is 0 Å². The van der Waals surface area contributed by atoms with E-state index in [1.165, 1.54) is 24.5 Å². The van der Waals surface area contributed by atoms with E-state index in [4.69, 9.17) is 9.57 Å². The first kappa shape index (κ1) is 19.2. The zero-order chi connectivity index (χ0) is 19.9. The van der Waals surface area contributed by atoms with Crippen molar-refractivity contribution in [2.75, 3.05) is 6.61 Å². The second-order valence-corrected chi connectivity index (χ2v) is 5.60. The first-order valence-corrected chi connectivity index (χ1v) is 8.37. The molecule has 2 N–H and O–H groups in total. The van der Waals surface area contributed by atoms with Crippen LogP contribution in [0.4, 0.5) is 4.39 Å². The fraction of sp³-hybridized carbons (Fsp3) is 0.158. The van der Waals surface area contributed by atoms with Crippen molar-refractivity contribution in [3.63, 3.8) is 0 Å². The maximum absolute atomic E-state index is 13.6. The highest BCUT2D eigenvalue weighted by Crippen LogP contribution is 2.18. The van der Waals surface area contributed by atoms with Gasteiger partial charge in [-0.2, -0.15) is 0 Å². The van der Waals surface area contributed by atoms with Crippen molar-refractivity contribution in [1.82, 2.24) is 20.4 Å². The number of aromatic nitrogens is 3. The van der Waals surface area contributed by atoms with Gasteiger partial charge in [0.2, 0.25) is 5.88 Å². The number of hydroxylamine groups is 1. The van der Waals surface area contributed by atoms with Crippen LogP contribution in [0.3, 0.4) is 0 Å². The highest BCUT2D eigenvalue weighted by atomic mass is 19.1. The number of rotatable bonds is 7. The third kappa shape index (κ3) is 4.77. The van der Waals surface area contributed by atoms with Crippen LogP contribution >= 0.6 is 0 Å². The number of phenolic OH excluding ortho intramolecular Hbond substituents is 1. The monoisotopic (exact) mass is 384 g/mol. The molecule has 0 spiro atoms. The molecular formula is C19H17FN4O4. The third-order valence-corrected chi connectivity index (χ3v) is 3.61. The lowest BCUT2D eigenvalue weighted by Crippen LogP contribution is -2.25. The van der Waals surface area contributed by atoms with E-state index in [9.17, 15) is 14.3 Å². The lowest BCUT2D eigenvalue weighted by Gasteiger charge is -2.08. The maximum Gasteiger partial charge on any atom is 0.295 e. The van der Waals surface area contributed by atoms with E-state index in [-0.39, 0.29) is 23.6 Å². The lowest BCUT2D eigenvalue weighted by molar-refractivity contribution is 0.0219. The van der Waals surface area contributed by atoms with Crippen LogP contribution in [0.2, 0.25) is 0 Å². The van der Waals surface area contributed by atoms with Gasteiger partial charge in [-0.3, -0.25) is 14.6 Å². The Bertz CT molecular complexity index is 966. The molecule has 0 aliphatic heterocycles. The number of carbonyl (C=O) groups is 1. The normalized spacial score (nSPS) is 10.5. The van der Waals surface area contributed by atoms with Crippen molar-refractivity contribution in [3.05, 3.63) is 66.0 Å². The first-order valence-electron chi connectivity index (χ1n) is 8.37. The van der Waals surface area contributed by atoms with Crippen LogP contribution in [0.1, 0.15) is 23.0 Å². The predicted molar refractivity (Wildman–Crippen MR) is 96.8 cm³/mol. The minimum Gasteiger partial charge on any atom is -0.508 e. The van der Waals surface area contributed by atoms with Gasteiger partial charge in [-0.15, -0.1) is 0 Å². The fourth-order valence-electron chi connectivity index (χ4n) is 2.28. The molecule has 3 rings (SSSR count). The third-order valence-electron chi connectivity index (χ3n) is 3.61. The van der Waals surface area contributed by atoms with Crippen LogP contribution in [0.5, 0.6) is 11.6 Å². The number of hydrogen-bond acceptors (Lipinski definition) is 7. The summed E-state index contributed by atoms with van der Waals surface area (Å²) >= 11 is 0. The first-order chi connectivity index (χ1) is 13.6. The number of halogens is 1. The van der Waals surface area contributed by atoms with E-state index < -0.39 is 11.7 Å². The average molecular weight is 384 g/mol. The molecule has 0 atom stereocenters. The minimum atomic E-state index is -0.645. The molecule has 2 heterocycles. The number of amides is 1. The molecule has 9 heteroatoms. The van der Waals surface area contributed by atoms with Gasteiger partial charge in [0.15, 0.2) is 0 Å². The van der Waals surface area contributed by atoms with E-state index >= 15 is 0 Å². The SMILES string of the molecule is CCOc1ccc(-c2cncc(C(=O)NOCc3cc(O)ccc3F)n2)cn1. The van der Waals surface area contributed by atoms with Crippen LogP contribution < -0.4 is 10.2 Å². The number of benzene rings is 1. The molecule has 0 saturated heterocycles. The van der Waals surface area contributed by atoms with E-state index in [1.54, 1.807) is 18.3 Å². The lowest BCUT2D eigenvalue weighted by atomic mass is 10.2. The molecule has 0 bridgehead atoms. The number of ether oxygens (including phenoxy) is 1. The molecule has 0 fully saturated rings. The van der Waals surface area contributed by atoms with Crippen molar-refractivity contribution >= 4 is 5.91 Å². The summed E-state index contributed by atoms with van der Waals surface area (Å²) in [4.78, 5) is 29.6. The Morgan fingerprint density at radius 1 is 1.21 bits per heavy atom. The molecule has 144 valence electrons. The van der Waals surface area contributed by atoms with Gasteiger partial charge in [0, 0.05) is 23.4 Å². The fourth-order valence-corrected chi connectivity index (χ4v) is 2.28. The summed E-state index contributed by atoms with van der Waals surface area (Å²) in [5.74, 6) is -0.819. The van der Waals surface area contributed by atoms with Gasteiger partial charge in [0.25, 0.3) is 5.91 Å². The molecule has 8 nitrogen and oxygen atoms in total. The molecule has 0 unspecified atom stereocenters. The van der Waals surface area contributed by atoms with Crippen molar-refractivity contribution in [2.24, 2.45) is 0 Å². The average Bonchev–Trinajstić information content (AvgIpc) is 2.71. The zero-order valence-electron chi connectivity index (χ0n) is 14.9. The van der Waals surface area contributed by atoms with Crippen LogP contribution in [-0.2, 0) is 11.4 Å². The summed E-state index contributed by atoms with van der Waals surface area (Å²) in [5.41, 5.74) is 3.39. The molecule has 28 heavy (non-hydrogen) atoms. The Labute approximate surface area is 160 Å². The van der Waals surface area contributed by atoms with E-state index in [1.807, 2.05) is 6.92 Å². The molecule has 0 radical (unpaired) electrons. The number of carbonyl (C=O) groups excluding carboxylic acids is 1. The summed E-state index contributed by atoms with van der Waals surface area (Å²) in [6.45, 7) is 2.11. The number of nitrogens with zero attached hydrogens (tertiary/aromatic N) is 3. The van der Waals surface area contributed by atoms with E-state index in [0.717, 1.165) is 6.07 Å². The summed E-state index contributed by atoms with van der Waals surface area (Å²) in [6, 6.07) is 6.98. The van der Waals surface area contributed by atoms with Gasteiger partial charge in [0.05, 0.1) is 24.7 Å². The summed E-state index contributed by atoms with van der Waals surface area (Å²) in [7, 11) is 0. The summed E-state index contributed by atoms with van der Waals surface area (Å²) < 4.78 is 18.9. The largest absolute Gasteiger partial charge is 0.508 e. The van der Waals surface area contributed by atoms with Crippen LogP contribution in [0.25, 0.3) is 11.3 Å². The molecule has 1 aromatic carbocycles. The van der Waals surface area contributed by atoms with Crippen LogP contribution in [-0.4, -0.2) is 32.6 Å². The summed E-state index contributed by atoms with van der Waals surface area (Å²) in [6.07, 6.45) is 4.34. The van der Waals surface area contributed by atoms with Crippen molar-refractivity contribution < 1.29 is 23.9 Å². The highest BCUT2D eigenvalue weighted by Gasteiger charge is 2.11. The second kappa shape index (κ2) is 8.87. The summed E-state index contributed by atoms with van der Waals surface area (Å²) in [5, 5.41) is 9.37. The smallest absolute Gasteiger partial charge is 0.295 e. The molecule has 0 saturated carbocycles. The second-order valence-electron chi connectivity index (χ2n) is 5.60. The van der Waals surface area contributed by atoms with Crippen molar-refractivity contribution in [2.45, 2.75) is 13.5 Å². The van der Waals surface area contributed by atoms with Crippen LogP contribution in [0, 0.1) is 5.82 Å². The topological polar surface area (TPSA) is 106 Å². The molecule has 0 aliphatic rings. The van der Waals surface area contributed by atoms with Gasteiger partial charge in [0.1, 0.15) is 23.9 Å². The Morgan fingerprint density at radius 3 is 2.82 bits per heavy atom. The maximum atomic E-state index is 13.6. The standard InChI is InChI=1S/C19H17FN4O4/c1-2-27-18-6-3-12(8-22-18)16-9-21-10-17(23-16)19(26)24-28-11-13-7-14(25)4-5-15(13)20/h3-10,25H,2,11H2,1H3,(H,24,26).